The van der Waals surface area contributed by atoms with E-state index in [4.69, 9.17) is 11.6 Å². The van der Waals surface area contributed by atoms with Gasteiger partial charge in [-0.15, -0.1) is 0 Å². The molecular weight excluding hydrogens is 358 g/mol. The van der Waals surface area contributed by atoms with Crippen molar-refractivity contribution in [3.63, 3.8) is 0 Å². The Morgan fingerprint density at radius 1 is 1.11 bits per heavy atom. The van der Waals surface area contributed by atoms with Gasteiger partial charge in [0, 0.05) is 23.7 Å². The van der Waals surface area contributed by atoms with Gasteiger partial charge in [-0.05, 0) is 73.3 Å². The molecule has 4 aliphatic carbocycles. The number of rotatable bonds is 5. The van der Waals surface area contributed by atoms with Gasteiger partial charge in [-0.25, -0.2) is 0 Å². The molecule has 4 fully saturated rings. The number of nitrogens with zero attached hydrogens (tertiary/aromatic N) is 2. The Kier molecular flexibility index (Phi) is 4.27. The van der Waals surface area contributed by atoms with Crippen molar-refractivity contribution in [2.45, 2.75) is 51.5 Å². The Balaban J connectivity index is 1.22. The molecule has 5 heteroatoms. The molecule has 1 N–H and O–H groups in total. The number of amides is 1. The molecule has 1 aromatic carbocycles. The van der Waals surface area contributed by atoms with E-state index >= 15 is 0 Å². The van der Waals surface area contributed by atoms with Crippen LogP contribution in [0.3, 0.4) is 0 Å². The molecule has 4 saturated carbocycles. The molecule has 0 radical (unpaired) electrons. The molecule has 0 unspecified atom stereocenters. The minimum atomic E-state index is 0.125. The molecular formula is C22H26ClN3O. The first kappa shape index (κ1) is 17.3. The summed E-state index contributed by atoms with van der Waals surface area (Å²) in [5, 5.41) is 8.28. The Bertz CT molecular complexity index is 823. The highest BCUT2D eigenvalue weighted by Gasteiger charge is 2.51. The van der Waals surface area contributed by atoms with Crippen LogP contribution < -0.4 is 5.32 Å². The maximum Gasteiger partial charge on any atom is 0.226 e. The molecule has 6 rings (SSSR count). The van der Waals surface area contributed by atoms with Gasteiger partial charge in [0.15, 0.2) is 5.82 Å². The highest BCUT2D eigenvalue weighted by atomic mass is 35.5. The number of hydrogen-bond acceptors (Lipinski definition) is 2. The van der Waals surface area contributed by atoms with Crippen molar-refractivity contribution in [2.75, 3.05) is 5.32 Å². The van der Waals surface area contributed by atoms with Crippen LogP contribution in [-0.4, -0.2) is 15.7 Å². The van der Waals surface area contributed by atoms with Crippen LogP contribution in [0.2, 0.25) is 5.02 Å². The second-order valence-corrected chi connectivity index (χ2v) is 9.54. The van der Waals surface area contributed by atoms with E-state index in [9.17, 15) is 4.79 Å². The molecule has 1 amide bonds. The fourth-order valence-electron chi connectivity index (χ4n) is 6.35. The fraction of sp³-hybridized carbons (Fsp3) is 0.545. The normalized spacial score (nSPS) is 31.2. The fourth-order valence-corrected chi connectivity index (χ4v) is 6.55. The number of halogens is 1. The third kappa shape index (κ3) is 3.52. The van der Waals surface area contributed by atoms with Crippen LogP contribution in [0.4, 0.5) is 5.82 Å². The number of carbonyl (C=O) groups excluding carboxylic acids is 1. The molecule has 2 aromatic rings. The number of nitrogens with one attached hydrogen (secondary N) is 1. The van der Waals surface area contributed by atoms with Crippen LogP contribution >= 0.6 is 11.6 Å². The van der Waals surface area contributed by atoms with Crippen molar-refractivity contribution in [2.24, 2.45) is 23.2 Å². The first-order chi connectivity index (χ1) is 13.1. The van der Waals surface area contributed by atoms with Crippen LogP contribution in [0.25, 0.3) is 0 Å². The molecule has 0 aliphatic heterocycles. The summed E-state index contributed by atoms with van der Waals surface area (Å²) in [4.78, 5) is 12.7. The largest absolute Gasteiger partial charge is 0.309 e. The second-order valence-electron chi connectivity index (χ2n) is 9.13. The summed E-state index contributed by atoms with van der Waals surface area (Å²) >= 11 is 6.23. The number of anilines is 1. The Hall–Kier alpha value is -1.81. The van der Waals surface area contributed by atoms with Crippen LogP contribution in [0.5, 0.6) is 0 Å². The molecule has 142 valence electrons. The lowest BCUT2D eigenvalue weighted by Crippen LogP contribution is -2.47. The van der Waals surface area contributed by atoms with Gasteiger partial charge >= 0.3 is 0 Å². The molecule has 0 saturated heterocycles. The summed E-state index contributed by atoms with van der Waals surface area (Å²) in [6, 6.07) is 9.64. The van der Waals surface area contributed by atoms with E-state index in [0.717, 1.165) is 28.3 Å². The predicted octanol–water partition coefficient (Wildman–Crippen LogP) is 5.13. The summed E-state index contributed by atoms with van der Waals surface area (Å²) in [6.45, 7) is 0.602. The quantitative estimate of drug-likeness (QED) is 0.777. The molecule has 1 heterocycles. The van der Waals surface area contributed by atoms with E-state index in [-0.39, 0.29) is 11.3 Å². The molecule has 27 heavy (non-hydrogen) atoms. The molecule has 0 spiro atoms. The van der Waals surface area contributed by atoms with Gasteiger partial charge in [0.2, 0.25) is 5.91 Å². The topological polar surface area (TPSA) is 46.9 Å². The SMILES string of the molecule is O=C(CC12CC3CC(CC(C3)C1)C2)Nc1ccn(Cc2ccccc2Cl)n1. The first-order valence-corrected chi connectivity index (χ1v) is 10.5. The maximum absolute atomic E-state index is 12.7. The zero-order valence-electron chi connectivity index (χ0n) is 15.5. The number of benzene rings is 1. The maximum atomic E-state index is 12.7. The van der Waals surface area contributed by atoms with Crippen molar-refractivity contribution in [1.82, 2.24) is 9.78 Å². The van der Waals surface area contributed by atoms with E-state index in [1.54, 1.807) is 0 Å². The zero-order valence-corrected chi connectivity index (χ0v) is 16.3. The smallest absolute Gasteiger partial charge is 0.226 e. The lowest BCUT2D eigenvalue weighted by Gasteiger charge is -2.56. The minimum absolute atomic E-state index is 0.125. The molecule has 4 nitrogen and oxygen atoms in total. The van der Waals surface area contributed by atoms with Gasteiger partial charge in [0.05, 0.1) is 6.54 Å². The highest BCUT2D eigenvalue weighted by Crippen LogP contribution is 2.61. The lowest BCUT2D eigenvalue weighted by atomic mass is 9.49. The van der Waals surface area contributed by atoms with Gasteiger partial charge in [-0.2, -0.15) is 5.10 Å². The summed E-state index contributed by atoms with van der Waals surface area (Å²) in [5.41, 5.74) is 1.28. The van der Waals surface area contributed by atoms with Crippen LogP contribution in [0.15, 0.2) is 36.5 Å². The van der Waals surface area contributed by atoms with Crippen molar-refractivity contribution in [1.29, 1.82) is 0 Å². The van der Waals surface area contributed by atoms with Crippen molar-refractivity contribution in [3.8, 4) is 0 Å². The van der Waals surface area contributed by atoms with E-state index in [0.29, 0.717) is 18.8 Å². The average molecular weight is 384 g/mol. The third-order valence-corrected chi connectivity index (χ3v) is 7.27. The summed E-state index contributed by atoms with van der Waals surface area (Å²) in [7, 11) is 0. The Labute approximate surface area is 165 Å². The number of hydrogen-bond donors (Lipinski definition) is 1. The summed E-state index contributed by atoms with van der Waals surface area (Å²) in [5.74, 6) is 3.38. The second kappa shape index (κ2) is 6.66. The van der Waals surface area contributed by atoms with Crippen molar-refractivity contribution < 1.29 is 4.79 Å². The van der Waals surface area contributed by atoms with E-state index in [2.05, 4.69) is 10.4 Å². The summed E-state index contributed by atoms with van der Waals surface area (Å²) < 4.78 is 1.82. The van der Waals surface area contributed by atoms with Gasteiger partial charge in [0.1, 0.15) is 0 Å². The van der Waals surface area contributed by atoms with Crippen LogP contribution in [0.1, 0.15) is 50.5 Å². The van der Waals surface area contributed by atoms with Crippen molar-refractivity contribution >= 4 is 23.3 Å². The van der Waals surface area contributed by atoms with E-state index in [1.807, 2.05) is 41.2 Å². The monoisotopic (exact) mass is 383 g/mol. The Morgan fingerprint density at radius 2 is 1.78 bits per heavy atom. The minimum Gasteiger partial charge on any atom is -0.309 e. The third-order valence-electron chi connectivity index (χ3n) is 6.90. The first-order valence-electron chi connectivity index (χ1n) is 10.1. The standard InChI is InChI=1S/C22H26ClN3O/c23-19-4-2-1-3-18(19)14-26-6-5-20(25-26)24-21(27)13-22-10-15-7-16(11-22)9-17(8-15)12-22/h1-6,15-17H,7-14H2,(H,24,25,27). The van der Waals surface area contributed by atoms with Crippen LogP contribution in [0, 0.1) is 23.2 Å². The van der Waals surface area contributed by atoms with E-state index in [1.165, 1.54) is 38.5 Å². The van der Waals surface area contributed by atoms with Gasteiger partial charge in [-0.3, -0.25) is 9.48 Å². The summed E-state index contributed by atoms with van der Waals surface area (Å²) in [6.07, 6.45) is 10.6. The lowest BCUT2D eigenvalue weighted by molar-refractivity contribution is -0.124. The predicted molar refractivity (Wildman–Crippen MR) is 107 cm³/mol. The molecule has 1 aromatic heterocycles. The molecule has 4 aliphatic rings. The molecule has 0 atom stereocenters. The Morgan fingerprint density at radius 3 is 2.44 bits per heavy atom. The van der Waals surface area contributed by atoms with Gasteiger partial charge in [0.25, 0.3) is 0 Å². The van der Waals surface area contributed by atoms with Crippen molar-refractivity contribution in [3.05, 3.63) is 47.1 Å². The number of carbonyl (C=O) groups is 1. The number of aromatic nitrogens is 2. The molecule has 4 bridgehead atoms. The van der Waals surface area contributed by atoms with Gasteiger partial charge in [-0.1, -0.05) is 29.8 Å². The van der Waals surface area contributed by atoms with E-state index < -0.39 is 0 Å². The van der Waals surface area contributed by atoms with Gasteiger partial charge < -0.3 is 5.32 Å². The zero-order chi connectivity index (χ0) is 18.4. The average Bonchev–Trinajstić information content (AvgIpc) is 3.02. The highest BCUT2D eigenvalue weighted by molar-refractivity contribution is 6.31. The van der Waals surface area contributed by atoms with Crippen LogP contribution in [-0.2, 0) is 11.3 Å².